The minimum Gasteiger partial charge on any atom is -0.481 e. The molecule has 0 aliphatic heterocycles. The third-order valence-electron chi connectivity index (χ3n) is 3.39. The van der Waals surface area contributed by atoms with Gasteiger partial charge in [-0.05, 0) is 19.3 Å². The molecular weight excluding hydrogens is 238 g/mol. The molecule has 0 aromatic heterocycles. The Hall–Kier alpha value is -1.59. The average molecular weight is 257 g/mol. The zero-order valence-electron chi connectivity index (χ0n) is 10.7. The lowest BCUT2D eigenvalue weighted by Gasteiger charge is -2.20. The van der Waals surface area contributed by atoms with Crippen molar-refractivity contribution < 1.29 is 24.2 Å². The molecule has 2 atom stereocenters. The molecule has 1 fully saturated rings. The number of carbonyl (C=O) groups is 3. The minimum atomic E-state index is -0.831. The van der Waals surface area contributed by atoms with Crippen molar-refractivity contribution >= 4 is 17.8 Å². The summed E-state index contributed by atoms with van der Waals surface area (Å²) in [4.78, 5) is 35.2. The Morgan fingerprint density at radius 2 is 1.89 bits per heavy atom. The summed E-state index contributed by atoms with van der Waals surface area (Å²) in [6.07, 6.45) is 1.72. The van der Waals surface area contributed by atoms with E-state index in [1.165, 1.54) is 12.0 Å². The van der Waals surface area contributed by atoms with Crippen LogP contribution >= 0.6 is 0 Å². The molecule has 1 amide bonds. The van der Waals surface area contributed by atoms with E-state index in [-0.39, 0.29) is 24.2 Å². The Kier molecular flexibility index (Phi) is 5.12. The van der Waals surface area contributed by atoms with Crippen molar-refractivity contribution in [2.75, 3.05) is 20.7 Å². The maximum atomic E-state index is 12.0. The van der Waals surface area contributed by atoms with Gasteiger partial charge in [-0.15, -0.1) is 0 Å². The predicted molar refractivity (Wildman–Crippen MR) is 62.7 cm³/mol. The molecule has 1 aliphatic carbocycles. The van der Waals surface area contributed by atoms with E-state index in [4.69, 9.17) is 5.11 Å². The molecule has 0 radical (unpaired) electrons. The van der Waals surface area contributed by atoms with Crippen LogP contribution in [0.5, 0.6) is 0 Å². The molecular formula is C12H19NO5. The quantitative estimate of drug-likeness (QED) is 0.725. The number of hydrogen-bond donors (Lipinski definition) is 1. The number of carboxylic acids is 1. The lowest BCUT2D eigenvalue weighted by molar-refractivity contribution is -0.142. The number of nitrogens with zero attached hydrogens (tertiary/aromatic N) is 1. The summed E-state index contributed by atoms with van der Waals surface area (Å²) in [6.45, 7) is 0.305. The lowest BCUT2D eigenvalue weighted by atomic mass is 10.0. The van der Waals surface area contributed by atoms with Crippen molar-refractivity contribution in [1.29, 1.82) is 0 Å². The van der Waals surface area contributed by atoms with Crippen molar-refractivity contribution in [3.05, 3.63) is 0 Å². The Bertz CT molecular complexity index is 341. The minimum absolute atomic E-state index is 0.0809. The molecule has 0 unspecified atom stereocenters. The first-order chi connectivity index (χ1) is 8.45. The smallest absolute Gasteiger partial charge is 0.307 e. The molecule has 1 N–H and O–H groups in total. The first-order valence-corrected chi connectivity index (χ1v) is 6.00. The van der Waals surface area contributed by atoms with E-state index in [2.05, 4.69) is 4.74 Å². The van der Waals surface area contributed by atoms with Crippen molar-refractivity contribution in [2.45, 2.75) is 25.7 Å². The van der Waals surface area contributed by atoms with Crippen molar-refractivity contribution in [3.63, 3.8) is 0 Å². The number of esters is 1. The van der Waals surface area contributed by atoms with Crippen LogP contribution in [0.3, 0.4) is 0 Å². The fourth-order valence-corrected chi connectivity index (χ4v) is 2.21. The highest BCUT2D eigenvalue weighted by atomic mass is 16.5. The molecule has 0 bridgehead atoms. The fourth-order valence-electron chi connectivity index (χ4n) is 2.21. The topological polar surface area (TPSA) is 83.9 Å². The van der Waals surface area contributed by atoms with Gasteiger partial charge in [0.1, 0.15) is 0 Å². The Morgan fingerprint density at radius 3 is 2.39 bits per heavy atom. The van der Waals surface area contributed by atoms with Crippen molar-refractivity contribution in [2.24, 2.45) is 11.8 Å². The molecule has 0 aromatic carbocycles. The number of ether oxygens (including phenoxy) is 1. The van der Waals surface area contributed by atoms with Crippen LogP contribution in [-0.2, 0) is 19.1 Å². The van der Waals surface area contributed by atoms with E-state index in [0.29, 0.717) is 25.8 Å². The zero-order valence-corrected chi connectivity index (χ0v) is 10.7. The fraction of sp³-hybridized carbons (Fsp3) is 0.750. The number of carboxylic acid groups (broad SMARTS) is 1. The van der Waals surface area contributed by atoms with Crippen molar-refractivity contribution in [3.8, 4) is 0 Å². The van der Waals surface area contributed by atoms with Crippen LogP contribution in [0.2, 0.25) is 0 Å². The van der Waals surface area contributed by atoms with E-state index in [9.17, 15) is 14.4 Å². The van der Waals surface area contributed by atoms with Gasteiger partial charge >= 0.3 is 11.9 Å². The van der Waals surface area contributed by atoms with E-state index in [1.54, 1.807) is 7.05 Å². The molecule has 1 aliphatic rings. The van der Waals surface area contributed by atoms with Crippen LogP contribution in [-0.4, -0.2) is 48.6 Å². The molecule has 0 aromatic rings. The number of aliphatic carboxylic acids is 1. The van der Waals surface area contributed by atoms with E-state index < -0.39 is 11.9 Å². The Morgan fingerprint density at radius 1 is 1.28 bits per heavy atom. The Labute approximate surface area is 106 Å². The van der Waals surface area contributed by atoms with E-state index in [1.807, 2.05) is 0 Å². The predicted octanol–water partition coefficient (Wildman–Crippen LogP) is 0.509. The normalized spacial score (nSPS) is 22.6. The Balaban J connectivity index is 2.40. The number of amides is 1. The standard InChI is InChI=1S/C12H19NO5/c1-13(6-5-10(14)18-2)11(15)8-3-4-9(7-8)12(16)17/h8-9H,3-7H2,1-2H3,(H,16,17)/t8-,9+/m1/s1. The van der Waals surface area contributed by atoms with Crippen LogP contribution in [0.25, 0.3) is 0 Å². The second-order valence-corrected chi connectivity index (χ2v) is 4.63. The highest BCUT2D eigenvalue weighted by Gasteiger charge is 2.35. The zero-order chi connectivity index (χ0) is 13.7. The van der Waals surface area contributed by atoms with Crippen LogP contribution in [0.1, 0.15) is 25.7 Å². The highest BCUT2D eigenvalue weighted by molar-refractivity contribution is 5.81. The van der Waals surface area contributed by atoms with Gasteiger partial charge in [-0.1, -0.05) is 0 Å². The van der Waals surface area contributed by atoms with Gasteiger partial charge in [-0.3, -0.25) is 14.4 Å². The summed E-state index contributed by atoms with van der Waals surface area (Å²) in [5.41, 5.74) is 0. The molecule has 18 heavy (non-hydrogen) atoms. The summed E-state index contributed by atoms with van der Waals surface area (Å²) < 4.78 is 4.50. The van der Waals surface area contributed by atoms with Crippen LogP contribution in [0.4, 0.5) is 0 Å². The van der Waals surface area contributed by atoms with Gasteiger partial charge in [-0.2, -0.15) is 0 Å². The monoisotopic (exact) mass is 257 g/mol. The summed E-state index contributed by atoms with van der Waals surface area (Å²) in [5, 5.41) is 8.87. The van der Waals surface area contributed by atoms with E-state index >= 15 is 0 Å². The van der Waals surface area contributed by atoms with Crippen molar-refractivity contribution in [1.82, 2.24) is 4.90 Å². The second-order valence-electron chi connectivity index (χ2n) is 4.63. The largest absolute Gasteiger partial charge is 0.481 e. The van der Waals surface area contributed by atoms with Gasteiger partial charge in [0.25, 0.3) is 0 Å². The molecule has 0 heterocycles. The number of carbonyl (C=O) groups excluding carboxylic acids is 2. The summed E-state index contributed by atoms with van der Waals surface area (Å²) >= 11 is 0. The first kappa shape index (κ1) is 14.5. The van der Waals surface area contributed by atoms with Gasteiger partial charge in [0, 0.05) is 19.5 Å². The molecule has 1 saturated carbocycles. The second kappa shape index (κ2) is 6.37. The highest BCUT2D eigenvalue weighted by Crippen LogP contribution is 2.32. The molecule has 6 nitrogen and oxygen atoms in total. The lowest BCUT2D eigenvalue weighted by Crippen LogP contribution is -2.34. The third kappa shape index (κ3) is 3.72. The molecule has 0 saturated heterocycles. The van der Waals surface area contributed by atoms with Gasteiger partial charge in [-0.25, -0.2) is 0 Å². The van der Waals surface area contributed by atoms with Crippen LogP contribution in [0.15, 0.2) is 0 Å². The maximum Gasteiger partial charge on any atom is 0.307 e. The summed E-state index contributed by atoms with van der Waals surface area (Å²) in [5.74, 6) is -1.91. The van der Waals surface area contributed by atoms with E-state index in [0.717, 1.165) is 0 Å². The van der Waals surface area contributed by atoms with Gasteiger partial charge in [0.05, 0.1) is 19.4 Å². The van der Waals surface area contributed by atoms with Gasteiger partial charge < -0.3 is 14.7 Å². The average Bonchev–Trinajstić information content (AvgIpc) is 2.84. The summed E-state index contributed by atoms with van der Waals surface area (Å²) in [7, 11) is 2.93. The van der Waals surface area contributed by atoms with Gasteiger partial charge in [0.15, 0.2) is 0 Å². The maximum absolute atomic E-state index is 12.0. The van der Waals surface area contributed by atoms with Crippen LogP contribution < -0.4 is 0 Å². The van der Waals surface area contributed by atoms with Crippen LogP contribution in [0, 0.1) is 11.8 Å². The molecule has 6 heteroatoms. The molecule has 102 valence electrons. The number of methoxy groups -OCH3 is 1. The SMILES string of the molecule is COC(=O)CCN(C)C(=O)[C@@H]1CC[C@H](C(=O)O)C1. The summed E-state index contributed by atoms with van der Waals surface area (Å²) in [6, 6.07) is 0. The molecule has 1 rings (SSSR count). The van der Waals surface area contributed by atoms with Gasteiger partial charge in [0.2, 0.25) is 5.91 Å². The number of hydrogen-bond acceptors (Lipinski definition) is 4. The third-order valence-corrected chi connectivity index (χ3v) is 3.39. The molecule has 0 spiro atoms. The first-order valence-electron chi connectivity index (χ1n) is 6.00. The number of rotatable bonds is 5.